The summed E-state index contributed by atoms with van der Waals surface area (Å²) in [5.74, 6) is -1.16. The van der Waals surface area contributed by atoms with Crippen LogP contribution in [-0.4, -0.2) is 12.5 Å². The number of halogens is 4. The summed E-state index contributed by atoms with van der Waals surface area (Å²) in [7, 11) is 0. The number of hydrogen-bond acceptors (Lipinski definition) is 2. The van der Waals surface area contributed by atoms with Gasteiger partial charge in [0, 0.05) is 4.90 Å². The van der Waals surface area contributed by atoms with Gasteiger partial charge in [0.05, 0.1) is 11.1 Å². The molecule has 0 saturated heterocycles. The summed E-state index contributed by atoms with van der Waals surface area (Å²) in [6, 6.07) is 1.24. The molecule has 6 heteroatoms. The number of carbonyl (C=O) groups is 1. The average Bonchev–Trinajstić information content (AvgIpc) is 2.16. The predicted molar refractivity (Wildman–Crippen MR) is 48.6 cm³/mol. The van der Waals surface area contributed by atoms with Crippen LogP contribution in [-0.2, 0) is 6.18 Å². The average molecular weight is 238 g/mol. The number of rotatable bonds is 2. The van der Waals surface area contributed by atoms with Gasteiger partial charge in [-0.3, -0.25) is 4.79 Å². The molecule has 1 rings (SSSR count). The van der Waals surface area contributed by atoms with Crippen LogP contribution >= 0.6 is 11.8 Å². The van der Waals surface area contributed by atoms with E-state index in [0.29, 0.717) is 6.07 Å². The van der Waals surface area contributed by atoms with E-state index in [2.05, 4.69) is 0 Å². The van der Waals surface area contributed by atoms with E-state index < -0.39 is 17.6 Å². The Bertz CT molecular complexity index is 386. The minimum atomic E-state index is -4.61. The maximum atomic E-state index is 13.0. The molecule has 15 heavy (non-hydrogen) atoms. The van der Waals surface area contributed by atoms with Gasteiger partial charge in [-0.15, -0.1) is 11.8 Å². The van der Waals surface area contributed by atoms with Crippen molar-refractivity contribution < 1.29 is 22.4 Å². The minimum Gasteiger partial charge on any atom is -0.298 e. The molecule has 0 saturated carbocycles. The zero-order chi connectivity index (χ0) is 11.6. The van der Waals surface area contributed by atoms with Gasteiger partial charge in [-0.2, -0.15) is 13.2 Å². The van der Waals surface area contributed by atoms with Gasteiger partial charge in [0.15, 0.2) is 6.29 Å². The van der Waals surface area contributed by atoms with Crippen LogP contribution in [0.1, 0.15) is 15.9 Å². The van der Waals surface area contributed by atoms with Gasteiger partial charge in [0.1, 0.15) is 5.82 Å². The fraction of sp³-hybridized carbons (Fsp3) is 0.222. The summed E-state index contributed by atoms with van der Waals surface area (Å²) in [4.78, 5) is 10.2. The molecule has 0 spiro atoms. The lowest BCUT2D eigenvalue weighted by Gasteiger charge is -2.11. The van der Waals surface area contributed by atoms with Crippen molar-refractivity contribution >= 4 is 18.0 Å². The standard InChI is InChI=1S/C9H6F4OS/c1-15-8-2-5(4-14)7(10)3-6(8)9(11,12)13/h2-4H,1H3. The van der Waals surface area contributed by atoms with E-state index in [-0.39, 0.29) is 16.7 Å². The minimum absolute atomic E-state index is 0.161. The number of thioether (sulfide) groups is 1. The molecule has 1 nitrogen and oxygen atoms in total. The highest BCUT2D eigenvalue weighted by molar-refractivity contribution is 7.98. The van der Waals surface area contributed by atoms with Crippen LogP contribution < -0.4 is 0 Å². The van der Waals surface area contributed by atoms with Crippen molar-refractivity contribution in [1.82, 2.24) is 0 Å². The predicted octanol–water partition coefficient (Wildman–Crippen LogP) is 3.38. The molecule has 0 unspecified atom stereocenters. The Balaban J connectivity index is 3.40. The molecule has 1 aromatic rings. The van der Waals surface area contributed by atoms with Crippen molar-refractivity contribution in [2.45, 2.75) is 11.1 Å². The van der Waals surface area contributed by atoms with Crippen LogP contribution in [0.3, 0.4) is 0 Å². The van der Waals surface area contributed by atoms with Crippen LogP contribution in [0.5, 0.6) is 0 Å². The van der Waals surface area contributed by atoms with Gasteiger partial charge >= 0.3 is 6.18 Å². The monoisotopic (exact) mass is 238 g/mol. The maximum absolute atomic E-state index is 13.0. The normalized spacial score (nSPS) is 11.5. The highest BCUT2D eigenvalue weighted by Gasteiger charge is 2.34. The maximum Gasteiger partial charge on any atom is 0.417 e. The number of carbonyl (C=O) groups excluding carboxylic acids is 1. The van der Waals surface area contributed by atoms with Crippen LogP contribution in [0.25, 0.3) is 0 Å². The van der Waals surface area contributed by atoms with Gasteiger partial charge in [0.2, 0.25) is 0 Å². The summed E-state index contributed by atoms with van der Waals surface area (Å²) in [5.41, 5.74) is -1.43. The van der Waals surface area contributed by atoms with Gasteiger partial charge in [-0.25, -0.2) is 4.39 Å². The highest BCUT2D eigenvalue weighted by Crippen LogP contribution is 2.37. The smallest absolute Gasteiger partial charge is 0.298 e. The first kappa shape index (κ1) is 12.0. The summed E-state index contributed by atoms with van der Waals surface area (Å²) in [6.45, 7) is 0. The SMILES string of the molecule is CSc1cc(C=O)c(F)cc1C(F)(F)F. The van der Waals surface area contributed by atoms with Crippen molar-refractivity contribution in [2.75, 3.05) is 6.26 Å². The molecule has 82 valence electrons. The van der Waals surface area contributed by atoms with E-state index in [1.54, 1.807) is 0 Å². The molecule has 0 fully saturated rings. The Labute approximate surface area is 87.5 Å². The zero-order valence-corrected chi connectivity index (χ0v) is 8.38. The lowest BCUT2D eigenvalue weighted by atomic mass is 10.1. The van der Waals surface area contributed by atoms with Crippen LogP contribution in [0, 0.1) is 5.82 Å². The fourth-order valence-corrected chi connectivity index (χ4v) is 1.69. The van der Waals surface area contributed by atoms with E-state index in [0.717, 1.165) is 17.8 Å². The molecular weight excluding hydrogens is 232 g/mol. The lowest BCUT2D eigenvalue weighted by Crippen LogP contribution is -2.08. The summed E-state index contributed by atoms with van der Waals surface area (Å²) >= 11 is 0.815. The number of hydrogen-bond donors (Lipinski definition) is 0. The van der Waals surface area contributed by atoms with Crippen molar-refractivity contribution in [2.24, 2.45) is 0 Å². The molecule has 1 aromatic carbocycles. The molecule has 0 aromatic heterocycles. The van der Waals surface area contributed by atoms with Crippen LogP contribution in [0.15, 0.2) is 17.0 Å². The molecule has 0 amide bonds. The van der Waals surface area contributed by atoms with Crippen molar-refractivity contribution in [3.8, 4) is 0 Å². The topological polar surface area (TPSA) is 17.1 Å². The molecule has 0 bridgehead atoms. The molecule has 0 N–H and O–H groups in total. The summed E-state index contributed by atoms with van der Waals surface area (Å²) in [6.07, 6.45) is -2.99. The van der Waals surface area contributed by atoms with E-state index >= 15 is 0 Å². The third kappa shape index (κ3) is 2.50. The van der Waals surface area contributed by atoms with Gasteiger partial charge in [0.25, 0.3) is 0 Å². The van der Waals surface area contributed by atoms with Crippen molar-refractivity contribution in [3.05, 3.63) is 29.1 Å². The Morgan fingerprint density at radius 2 is 1.93 bits per heavy atom. The molecule has 0 radical (unpaired) electrons. The van der Waals surface area contributed by atoms with Crippen molar-refractivity contribution in [3.63, 3.8) is 0 Å². The second-order valence-electron chi connectivity index (χ2n) is 2.69. The molecule has 0 aliphatic carbocycles. The number of benzene rings is 1. The zero-order valence-electron chi connectivity index (χ0n) is 7.56. The van der Waals surface area contributed by atoms with E-state index in [9.17, 15) is 22.4 Å². The van der Waals surface area contributed by atoms with Gasteiger partial charge in [-0.05, 0) is 18.4 Å². The van der Waals surface area contributed by atoms with Gasteiger partial charge in [-0.1, -0.05) is 0 Å². The Kier molecular flexibility index (Phi) is 3.38. The molecule has 0 atom stereocenters. The largest absolute Gasteiger partial charge is 0.417 e. The van der Waals surface area contributed by atoms with Crippen LogP contribution in [0.4, 0.5) is 17.6 Å². The van der Waals surface area contributed by atoms with E-state index in [4.69, 9.17) is 0 Å². The van der Waals surface area contributed by atoms with Crippen molar-refractivity contribution in [1.29, 1.82) is 0 Å². The number of aldehydes is 1. The summed E-state index contributed by atoms with van der Waals surface area (Å²) < 4.78 is 50.1. The van der Waals surface area contributed by atoms with Crippen LogP contribution in [0.2, 0.25) is 0 Å². The Hall–Kier alpha value is -1.04. The fourth-order valence-electron chi connectivity index (χ4n) is 1.05. The number of alkyl halides is 3. The molecule has 0 heterocycles. The second kappa shape index (κ2) is 4.22. The summed E-state index contributed by atoms with van der Waals surface area (Å²) in [5, 5.41) is 0. The Morgan fingerprint density at radius 3 is 2.33 bits per heavy atom. The first-order chi connectivity index (χ1) is 6.90. The lowest BCUT2D eigenvalue weighted by molar-refractivity contribution is -0.139. The third-order valence-electron chi connectivity index (χ3n) is 1.75. The Morgan fingerprint density at radius 1 is 1.33 bits per heavy atom. The second-order valence-corrected chi connectivity index (χ2v) is 3.54. The highest BCUT2D eigenvalue weighted by atomic mass is 32.2. The van der Waals surface area contributed by atoms with E-state index in [1.165, 1.54) is 6.26 Å². The molecule has 0 aliphatic rings. The first-order valence-electron chi connectivity index (χ1n) is 3.80. The van der Waals surface area contributed by atoms with Gasteiger partial charge < -0.3 is 0 Å². The first-order valence-corrected chi connectivity index (χ1v) is 5.02. The van der Waals surface area contributed by atoms with E-state index in [1.807, 2.05) is 0 Å². The third-order valence-corrected chi connectivity index (χ3v) is 2.53. The molecule has 0 aliphatic heterocycles. The quantitative estimate of drug-likeness (QED) is 0.446. The molecular formula is C9H6F4OS.